The van der Waals surface area contributed by atoms with Crippen molar-refractivity contribution in [3.63, 3.8) is 0 Å². The molecule has 6 rings (SSSR count). The third-order valence-electron chi connectivity index (χ3n) is 6.87. The molecule has 0 radical (unpaired) electrons. The molecule has 2 aliphatic heterocycles. The number of aromatic nitrogens is 4. The van der Waals surface area contributed by atoms with Crippen LogP contribution in [0, 0.1) is 12.3 Å². The lowest BCUT2D eigenvalue weighted by atomic mass is 9.61. The molecule has 4 aliphatic rings. The van der Waals surface area contributed by atoms with Crippen LogP contribution in [0.3, 0.4) is 0 Å². The third kappa shape index (κ3) is 3.12. The van der Waals surface area contributed by atoms with Gasteiger partial charge in [0.2, 0.25) is 0 Å². The van der Waals surface area contributed by atoms with E-state index in [1.165, 1.54) is 12.8 Å². The van der Waals surface area contributed by atoms with Gasteiger partial charge in [-0.2, -0.15) is 5.10 Å². The van der Waals surface area contributed by atoms with Crippen LogP contribution in [0.5, 0.6) is 5.75 Å². The van der Waals surface area contributed by atoms with Crippen molar-refractivity contribution < 1.29 is 9.53 Å². The van der Waals surface area contributed by atoms with Crippen molar-refractivity contribution in [2.45, 2.75) is 50.7 Å². The second kappa shape index (κ2) is 6.57. The third-order valence-corrected chi connectivity index (χ3v) is 7.14. The molecule has 1 spiro atoms. The molecule has 8 nitrogen and oxygen atoms in total. The highest BCUT2D eigenvalue weighted by Gasteiger charge is 2.55. The van der Waals surface area contributed by atoms with E-state index in [1.807, 2.05) is 39.9 Å². The number of urea groups is 1. The van der Waals surface area contributed by atoms with E-state index >= 15 is 0 Å². The van der Waals surface area contributed by atoms with E-state index in [0.717, 1.165) is 37.4 Å². The molecule has 0 aromatic carbocycles. The maximum Gasteiger partial charge on any atom is 0.320 e. The number of ether oxygens (including phenoxy) is 1. The van der Waals surface area contributed by atoms with Gasteiger partial charge in [-0.15, -0.1) is 0 Å². The highest BCUT2D eigenvalue weighted by molar-refractivity contribution is 6.30. The maximum absolute atomic E-state index is 12.7. The summed E-state index contributed by atoms with van der Waals surface area (Å²) in [5, 5.41) is 5.04. The van der Waals surface area contributed by atoms with Crippen LogP contribution >= 0.6 is 11.6 Å². The fourth-order valence-corrected chi connectivity index (χ4v) is 5.17. The van der Waals surface area contributed by atoms with Crippen molar-refractivity contribution in [2.24, 2.45) is 5.41 Å². The monoisotopic (exact) mass is 428 g/mol. The summed E-state index contributed by atoms with van der Waals surface area (Å²) >= 11 is 6.13. The van der Waals surface area contributed by atoms with Gasteiger partial charge in [0.15, 0.2) is 16.7 Å². The Kier molecular flexibility index (Phi) is 4.04. The fraction of sp³-hybridized carbons (Fsp3) is 0.619. The summed E-state index contributed by atoms with van der Waals surface area (Å²) < 4.78 is 7.93. The van der Waals surface area contributed by atoms with Crippen molar-refractivity contribution in [3.05, 3.63) is 35.1 Å². The smallest absolute Gasteiger partial charge is 0.320 e. The maximum atomic E-state index is 12.7. The van der Waals surface area contributed by atoms with Crippen molar-refractivity contribution in [3.8, 4) is 5.75 Å². The Morgan fingerprint density at radius 1 is 1.20 bits per heavy atom. The number of hydrogen-bond donors (Lipinski definition) is 0. The van der Waals surface area contributed by atoms with Gasteiger partial charge in [-0.1, -0.05) is 11.6 Å². The molecule has 0 atom stereocenters. The van der Waals surface area contributed by atoms with Crippen LogP contribution < -0.4 is 4.74 Å². The number of nitrogens with zero attached hydrogens (tertiary/aromatic N) is 6. The van der Waals surface area contributed by atoms with E-state index in [4.69, 9.17) is 16.3 Å². The van der Waals surface area contributed by atoms with Crippen LogP contribution in [0.25, 0.3) is 0 Å². The van der Waals surface area contributed by atoms with E-state index < -0.39 is 0 Å². The minimum absolute atomic E-state index is 0.0211. The van der Waals surface area contributed by atoms with Gasteiger partial charge in [0.1, 0.15) is 12.4 Å². The predicted molar refractivity (Wildman–Crippen MR) is 110 cm³/mol. The molecule has 0 N–H and O–H groups in total. The largest absolute Gasteiger partial charge is 0.483 e. The first-order valence-corrected chi connectivity index (χ1v) is 11.1. The molecule has 2 aromatic heterocycles. The van der Waals surface area contributed by atoms with Gasteiger partial charge in [0.25, 0.3) is 0 Å². The van der Waals surface area contributed by atoms with Crippen LogP contribution in [-0.4, -0.2) is 67.9 Å². The lowest BCUT2D eigenvalue weighted by molar-refractivity contribution is -0.0816. The molecule has 2 amide bonds. The number of hydrogen-bond acceptors (Lipinski definition) is 5. The predicted octanol–water partition coefficient (Wildman–Crippen LogP) is 3.03. The van der Waals surface area contributed by atoms with Gasteiger partial charge in [0.05, 0.1) is 19.1 Å². The summed E-state index contributed by atoms with van der Waals surface area (Å²) in [6.45, 7) is 4.78. The number of carbonyl (C=O) groups excluding carboxylic acids is 1. The zero-order chi connectivity index (χ0) is 20.5. The van der Waals surface area contributed by atoms with Gasteiger partial charge >= 0.3 is 6.03 Å². The zero-order valence-corrected chi connectivity index (χ0v) is 17.8. The Hall–Kier alpha value is -2.35. The van der Waals surface area contributed by atoms with E-state index in [2.05, 4.69) is 15.1 Å². The number of likely N-dealkylation sites (tertiary alicyclic amines) is 2. The molecule has 0 unspecified atom stereocenters. The first-order chi connectivity index (χ1) is 14.5. The number of carbonyl (C=O) groups is 1. The minimum atomic E-state index is -0.0211. The number of rotatable bonds is 4. The summed E-state index contributed by atoms with van der Waals surface area (Å²) in [4.78, 5) is 25.2. The first-order valence-electron chi connectivity index (χ1n) is 10.7. The quantitative estimate of drug-likeness (QED) is 0.699. The molecule has 0 bridgehead atoms. The van der Waals surface area contributed by atoms with E-state index in [-0.39, 0.29) is 17.6 Å². The van der Waals surface area contributed by atoms with Gasteiger partial charge < -0.3 is 14.5 Å². The zero-order valence-electron chi connectivity index (χ0n) is 17.0. The van der Waals surface area contributed by atoms with Crippen molar-refractivity contribution in [1.29, 1.82) is 0 Å². The molecule has 158 valence electrons. The van der Waals surface area contributed by atoms with Gasteiger partial charge in [-0.25, -0.2) is 19.4 Å². The fourth-order valence-electron chi connectivity index (χ4n) is 4.93. The molecule has 4 heterocycles. The number of amides is 2. The Morgan fingerprint density at radius 3 is 2.67 bits per heavy atom. The van der Waals surface area contributed by atoms with Crippen molar-refractivity contribution >= 4 is 17.6 Å². The van der Waals surface area contributed by atoms with Crippen LogP contribution in [0.1, 0.15) is 49.2 Å². The molecular weight excluding hydrogens is 404 g/mol. The van der Waals surface area contributed by atoms with E-state index in [0.29, 0.717) is 36.0 Å². The summed E-state index contributed by atoms with van der Waals surface area (Å²) in [7, 11) is 0. The molecular formula is C21H25ClN6O2. The number of aryl methyl sites for hydroxylation is 1. The number of halogens is 1. The molecule has 30 heavy (non-hydrogen) atoms. The molecule has 4 fully saturated rings. The van der Waals surface area contributed by atoms with Crippen molar-refractivity contribution in [2.75, 3.05) is 26.2 Å². The molecule has 2 saturated heterocycles. The summed E-state index contributed by atoms with van der Waals surface area (Å²) in [6.07, 6.45) is 6.51. The van der Waals surface area contributed by atoms with Crippen LogP contribution in [0.4, 0.5) is 4.79 Å². The average Bonchev–Trinajstić information content (AvgIpc) is 3.35. The normalized spacial score (nSPS) is 23.1. The molecule has 2 aliphatic carbocycles. The summed E-state index contributed by atoms with van der Waals surface area (Å²) in [5.74, 6) is 2.19. The van der Waals surface area contributed by atoms with Crippen LogP contribution in [0.2, 0.25) is 5.15 Å². The number of pyridine rings is 1. The second-order valence-corrected chi connectivity index (χ2v) is 9.80. The average molecular weight is 429 g/mol. The van der Waals surface area contributed by atoms with Crippen LogP contribution in [-0.2, 0) is 0 Å². The van der Waals surface area contributed by atoms with Gasteiger partial charge in [-0.3, -0.25) is 0 Å². The van der Waals surface area contributed by atoms with Crippen molar-refractivity contribution in [1.82, 2.24) is 29.5 Å². The Bertz CT molecular complexity index is 985. The highest BCUT2D eigenvalue weighted by atomic mass is 35.5. The summed E-state index contributed by atoms with van der Waals surface area (Å²) in [6, 6.07) is 4.27. The standard InChI is InChI=1S/C21H25ClN6O2/c1-13-2-5-17(18(22)24-13)30-16-8-26(9-16)20(29)27-10-21(11-27)6-15(7-21)28-12-23-19(25-28)14-3-4-14/h2,5,12,14-16H,3-4,6-11H2,1H3. The summed E-state index contributed by atoms with van der Waals surface area (Å²) in [5.41, 5.74) is 1.14. The lowest BCUT2D eigenvalue weighted by Gasteiger charge is -2.59. The Balaban J connectivity index is 0.959. The molecule has 2 aromatic rings. The van der Waals surface area contributed by atoms with E-state index in [1.54, 1.807) is 0 Å². The van der Waals surface area contributed by atoms with E-state index in [9.17, 15) is 4.79 Å². The van der Waals surface area contributed by atoms with Gasteiger partial charge in [0, 0.05) is 30.1 Å². The minimum Gasteiger partial charge on any atom is -0.483 e. The van der Waals surface area contributed by atoms with Gasteiger partial charge in [-0.05, 0) is 44.7 Å². The Morgan fingerprint density at radius 2 is 1.97 bits per heavy atom. The molecule has 2 saturated carbocycles. The Labute approximate surface area is 180 Å². The SMILES string of the molecule is Cc1ccc(OC2CN(C(=O)N3CC4(CC(n5cnc(C6CC6)n5)C4)C3)C2)c(Cl)n1. The van der Waals surface area contributed by atoms with Crippen LogP contribution in [0.15, 0.2) is 18.5 Å². The molecule has 9 heteroatoms. The first kappa shape index (κ1) is 18.4. The lowest BCUT2D eigenvalue weighted by Crippen LogP contribution is -2.69. The highest BCUT2D eigenvalue weighted by Crippen LogP contribution is 2.54. The topological polar surface area (TPSA) is 76.4 Å². The second-order valence-electron chi connectivity index (χ2n) is 9.44.